The third-order valence-electron chi connectivity index (χ3n) is 2.19. The van der Waals surface area contributed by atoms with Gasteiger partial charge in [0.05, 0.1) is 12.1 Å². The zero-order valence-corrected chi connectivity index (χ0v) is 12.7. The summed E-state index contributed by atoms with van der Waals surface area (Å²) in [7, 11) is 0. The molecule has 0 aromatic heterocycles. The van der Waals surface area contributed by atoms with Gasteiger partial charge >= 0.3 is 29.6 Å². The van der Waals surface area contributed by atoms with Crippen molar-refractivity contribution in [2.24, 2.45) is 0 Å². The number of aliphatic hydroxyl groups excluding tert-OH is 1. The molecule has 0 saturated heterocycles. The quantitative estimate of drug-likeness (QED) is 0.208. The second kappa shape index (κ2) is 12.5. The van der Waals surface area contributed by atoms with E-state index in [1.165, 1.54) is 6.92 Å². The third kappa shape index (κ3) is 12.3. The Labute approximate surface area is 125 Å². The number of carboxylic acid groups (broad SMARTS) is 1. The van der Waals surface area contributed by atoms with E-state index < -0.39 is 12.0 Å². The zero-order chi connectivity index (χ0) is 12.4. The Morgan fingerprint density at radius 2 is 2.18 bits per heavy atom. The van der Waals surface area contributed by atoms with Gasteiger partial charge in [-0.25, -0.2) is 0 Å². The smallest absolute Gasteiger partial charge is 0.548 e. The predicted octanol–water partition coefficient (Wildman–Crippen LogP) is -4.36. The van der Waals surface area contributed by atoms with Crippen molar-refractivity contribution >= 4 is 5.97 Å². The van der Waals surface area contributed by atoms with Gasteiger partial charge in [0.1, 0.15) is 0 Å². The summed E-state index contributed by atoms with van der Waals surface area (Å²) in [5.74, 6) is -1.11. The molecule has 0 aromatic carbocycles. The largest absolute Gasteiger partial charge is 1.00 e. The number of carbonyl (C=O) groups is 1. The first-order valence-corrected chi connectivity index (χ1v) is 5.51. The van der Waals surface area contributed by atoms with E-state index in [9.17, 15) is 15.0 Å². The third-order valence-corrected chi connectivity index (χ3v) is 2.19. The molecule has 0 aromatic rings. The molecular weight excluding hydrogens is 231 g/mol. The number of nitrogens with one attached hydrogen (secondary N) is 2. The summed E-state index contributed by atoms with van der Waals surface area (Å²) in [5.41, 5.74) is 0. The first-order chi connectivity index (χ1) is 7.57. The van der Waals surface area contributed by atoms with Gasteiger partial charge in [-0.15, -0.1) is 6.58 Å². The maximum absolute atomic E-state index is 10.3. The molecule has 94 valence electrons. The number of carbonyl (C=O) groups excluding carboxylic acids is 1. The molecule has 0 aliphatic heterocycles. The van der Waals surface area contributed by atoms with Gasteiger partial charge in [0, 0.05) is 25.7 Å². The van der Waals surface area contributed by atoms with Gasteiger partial charge in [0.25, 0.3) is 0 Å². The van der Waals surface area contributed by atoms with Crippen LogP contribution in [-0.2, 0) is 4.79 Å². The van der Waals surface area contributed by atoms with Gasteiger partial charge in [-0.1, -0.05) is 6.08 Å². The minimum Gasteiger partial charge on any atom is -0.548 e. The van der Waals surface area contributed by atoms with Crippen molar-refractivity contribution in [1.82, 2.24) is 10.6 Å². The summed E-state index contributed by atoms with van der Waals surface area (Å²) >= 11 is 0. The molecule has 5 nitrogen and oxygen atoms in total. The normalized spacial score (nSPS) is 13.5. The van der Waals surface area contributed by atoms with Crippen LogP contribution in [0.15, 0.2) is 12.7 Å². The molecule has 2 atom stereocenters. The van der Waals surface area contributed by atoms with Crippen LogP contribution < -0.4 is 45.3 Å². The van der Waals surface area contributed by atoms with Gasteiger partial charge in [-0.05, 0) is 19.8 Å². The number of rotatable bonds is 10. The fraction of sp³-hybridized carbons (Fsp3) is 0.727. The maximum Gasteiger partial charge on any atom is 1.00 e. The van der Waals surface area contributed by atoms with Crippen LogP contribution in [0.4, 0.5) is 0 Å². The van der Waals surface area contributed by atoms with Crippen LogP contribution >= 0.6 is 0 Å². The van der Waals surface area contributed by atoms with Crippen LogP contribution in [0, 0.1) is 0 Å². The fourth-order valence-corrected chi connectivity index (χ4v) is 1.14. The number of aliphatic carboxylic acids is 1. The summed E-state index contributed by atoms with van der Waals surface area (Å²) < 4.78 is 0. The van der Waals surface area contributed by atoms with Crippen molar-refractivity contribution in [2.75, 3.05) is 19.6 Å². The molecule has 3 N–H and O–H groups in total. The van der Waals surface area contributed by atoms with Crippen LogP contribution in [0.5, 0.6) is 0 Å². The Balaban J connectivity index is 0. The first kappa shape index (κ1) is 19.4. The monoisotopic (exact) mass is 252 g/mol. The molecule has 0 spiro atoms. The number of aliphatic hydroxyl groups is 1. The van der Waals surface area contributed by atoms with E-state index in [-0.39, 0.29) is 35.7 Å². The van der Waals surface area contributed by atoms with Gasteiger partial charge < -0.3 is 25.6 Å². The molecule has 0 amide bonds. The second-order valence-electron chi connectivity index (χ2n) is 3.72. The van der Waals surface area contributed by atoms with E-state index in [2.05, 4.69) is 17.2 Å². The summed E-state index contributed by atoms with van der Waals surface area (Å²) in [6, 6.07) is -0.646. The van der Waals surface area contributed by atoms with Crippen LogP contribution in [0.1, 0.15) is 19.8 Å². The van der Waals surface area contributed by atoms with Gasteiger partial charge in [0.15, 0.2) is 0 Å². The minimum absolute atomic E-state index is 0. The zero-order valence-electron chi connectivity index (χ0n) is 10.7. The van der Waals surface area contributed by atoms with E-state index in [1.807, 2.05) is 0 Å². The standard InChI is InChI=1S/C11H22N2O3.Na/c1-3-4-5-10(14)8-12-6-7-13-9(2)11(15)16;/h3,9-10,12-14H,1,4-8H2,2H3,(H,15,16);/q;+1/p-1. The average molecular weight is 252 g/mol. The van der Waals surface area contributed by atoms with E-state index in [0.717, 1.165) is 6.42 Å². The van der Waals surface area contributed by atoms with Crippen molar-refractivity contribution < 1.29 is 44.6 Å². The molecule has 0 aliphatic rings. The number of hydrogen-bond donors (Lipinski definition) is 3. The molecule has 0 heterocycles. The van der Waals surface area contributed by atoms with Gasteiger partial charge in [-0.2, -0.15) is 0 Å². The summed E-state index contributed by atoms with van der Waals surface area (Å²) in [5, 5.41) is 25.6. The predicted molar refractivity (Wildman–Crippen MR) is 60.8 cm³/mol. The van der Waals surface area contributed by atoms with E-state index in [4.69, 9.17) is 0 Å². The van der Waals surface area contributed by atoms with Crippen molar-refractivity contribution in [3.63, 3.8) is 0 Å². The van der Waals surface area contributed by atoms with Gasteiger partial charge in [0.2, 0.25) is 0 Å². The fourth-order valence-electron chi connectivity index (χ4n) is 1.14. The summed E-state index contributed by atoms with van der Waals surface area (Å²) in [6.45, 7) is 6.77. The molecule has 2 unspecified atom stereocenters. The Kier molecular flexibility index (Phi) is 14.3. The van der Waals surface area contributed by atoms with E-state index in [1.54, 1.807) is 6.08 Å². The molecule has 6 heteroatoms. The minimum atomic E-state index is -1.11. The number of allylic oxidation sites excluding steroid dienone is 1. The van der Waals surface area contributed by atoms with Crippen LogP contribution in [-0.4, -0.2) is 42.9 Å². The molecule has 0 bridgehead atoms. The molecule has 0 radical (unpaired) electrons. The maximum atomic E-state index is 10.3. The number of carboxylic acids is 1. The average Bonchev–Trinajstić information content (AvgIpc) is 2.25. The first-order valence-electron chi connectivity index (χ1n) is 5.51. The Hall–Kier alpha value is 0.0900. The molecule has 17 heavy (non-hydrogen) atoms. The topological polar surface area (TPSA) is 84.4 Å². The molecule has 0 fully saturated rings. The number of hydrogen-bond acceptors (Lipinski definition) is 5. The van der Waals surface area contributed by atoms with Crippen molar-refractivity contribution in [2.45, 2.75) is 31.9 Å². The summed E-state index contributed by atoms with van der Waals surface area (Å²) in [6.07, 6.45) is 2.88. The van der Waals surface area contributed by atoms with Crippen molar-refractivity contribution in [1.29, 1.82) is 0 Å². The molecule has 0 saturated carbocycles. The molecular formula is C11H21N2NaO3. The Morgan fingerprint density at radius 3 is 2.71 bits per heavy atom. The molecule has 0 aliphatic carbocycles. The Bertz CT molecular complexity index is 215. The SMILES string of the molecule is C=CCCC(O)CNCCNC(C)C(=O)[O-].[Na+]. The van der Waals surface area contributed by atoms with E-state index >= 15 is 0 Å². The molecule has 0 rings (SSSR count). The van der Waals surface area contributed by atoms with Crippen molar-refractivity contribution in [3.8, 4) is 0 Å². The van der Waals surface area contributed by atoms with Gasteiger partial charge in [-0.3, -0.25) is 0 Å². The second-order valence-corrected chi connectivity index (χ2v) is 3.72. The van der Waals surface area contributed by atoms with Crippen molar-refractivity contribution in [3.05, 3.63) is 12.7 Å². The van der Waals surface area contributed by atoms with Crippen LogP contribution in [0.3, 0.4) is 0 Å². The van der Waals surface area contributed by atoms with E-state index in [0.29, 0.717) is 26.1 Å². The summed E-state index contributed by atoms with van der Waals surface area (Å²) in [4.78, 5) is 10.3. The van der Waals surface area contributed by atoms with Crippen LogP contribution in [0.2, 0.25) is 0 Å². The van der Waals surface area contributed by atoms with Crippen LogP contribution in [0.25, 0.3) is 0 Å². The Morgan fingerprint density at radius 1 is 1.53 bits per heavy atom.